The van der Waals surface area contributed by atoms with Gasteiger partial charge in [-0.3, -0.25) is 0 Å². The molecule has 0 aromatic carbocycles. The van der Waals surface area contributed by atoms with E-state index in [4.69, 9.17) is 28.4 Å². The molecule has 0 radical (unpaired) electrons. The van der Waals surface area contributed by atoms with E-state index in [1.807, 2.05) is 0 Å². The van der Waals surface area contributed by atoms with Crippen molar-refractivity contribution >= 4 is 20.9 Å². The zero-order valence-electron chi connectivity index (χ0n) is 15.5. The van der Waals surface area contributed by atoms with Gasteiger partial charge in [0, 0.05) is 7.11 Å². The fourth-order valence-corrected chi connectivity index (χ4v) is 4.25. The number of ether oxygens (including phenoxy) is 6. The van der Waals surface area contributed by atoms with Crippen LogP contribution in [0.2, 0.25) is 8.94 Å². The molecule has 0 amide bonds. The Hall–Kier alpha value is 0.550. The molecule has 0 saturated carbocycles. The zero-order chi connectivity index (χ0) is 17.6. The molecule has 0 fully saturated rings. The molecule has 0 heterocycles. The Morgan fingerprint density at radius 1 is 0.542 bits per heavy atom. The number of methoxy groups -OCH3 is 1. The standard InChI is InChI=1S/C17H36O6Te/c1-3-4-16-24-17-15-23-14-13-22-12-11-21-10-9-20-8-7-19-6-5-18-2/h3-17H2,1-2H3. The van der Waals surface area contributed by atoms with Crippen molar-refractivity contribution in [1.82, 2.24) is 0 Å². The minimum atomic E-state index is 0.197. The van der Waals surface area contributed by atoms with Crippen LogP contribution in [0.25, 0.3) is 0 Å². The van der Waals surface area contributed by atoms with Crippen LogP contribution in [0.15, 0.2) is 0 Å². The predicted molar refractivity (Wildman–Crippen MR) is 96.2 cm³/mol. The third kappa shape index (κ3) is 22.5. The molecule has 0 aliphatic rings. The fraction of sp³-hybridized carbons (Fsp3) is 1.00. The van der Waals surface area contributed by atoms with E-state index in [1.165, 1.54) is 21.8 Å². The maximum absolute atomic E-state index is 5.55. The van der Waals surface area contributed by atoms with Crippen molar-refractivity contribution in [3.63, 3.8) is 0 Å². The Morgan fingerprint density at radius 2 is 0.958 bits per heavy atom. The summed E-state index contributed by atoms with van der Waals surface area (Å²) >= 11 is 0.197. The first-order valence-corrected chi connectivity index (χ1v) is 12.2. The van der Waals surface area contributed by atoms with Crippen molar-refractivity contribution in [3.05, 3.63) is 0 Å². The van der Waals surface area contributed by atoms with E-state index in [1.54, 1.807) is 7.11 Å². The Kier molecular flexibility index (Phi) is 24.1. The van der Waals surface area contributed by atoms with Crippen LogP contribution in [0.3, 0.4) is 0 Å². The first kappa shape index (κ1) is 24.5. The molecule has 0 saturated heterocycles. The minimum absolute atomic E-state index is 0.197. The average Bonchev–Trinajstić information content (AvgIpc) is 2.60. The van der Waals surface area contributed by atoms with Crippen LogP contribution in [0.4, 0.5) is 0 Å². The van der Waals surface area contributed by atoms with Gasteiger partial charge < -0.3 is 9.47 Å². The summed E-state index contributed by atoms with van der Waals surface area (Å²) in [5.74, 6) is 0. The molecule has 146 valence electrons. The second-order valence-corrected chi connectivity index (χ2v) is 8.52. The van der Waals surface area contributed by atoms with Gasteiger partial charge in [-0.1, -0.05) is 0 Å². The van der Waals surface area contributed by atoms with Crippen molar-refractivity contribution in [1.29, 1.82) is 0 Å². The molecule has 0 spiro atoms. The minimum Gasteiger partial charge on any atom is -0.382 e. The van der Waals surface area contributed by atoms with Crippen molar-refractivity contribution in [2.24, 2.45) is 0 Å². The fourth-order valence-electron chi connectivity index (χ4n) is 1.59. The van der Waals surface area contributed by atoms with E-state index < -0.39 is 0 Å². The van der Waals surface area contributed by atoms with Crippen LogP contribution in [-0.2, 0) is 28.4 Å². The van der Waals surface area contributed by atoms with Crippen LogP contribution in [0.5, 0.6) is 0 Å². The first-order chi connectivity index (χ1) is 11.9. The summed E-state index contributed by atoms with van der Waals surface area (Å²) in [5, 5.41) is 0. The van der Waals surface area contributed by atoms with Crippen molar-refractivity contribution in [3.8, 4) is 0 Å². The Morgan fingerprint density at radius 3 is 1.38 bits per heavy atom. The van der Waals surface area contributed by atoms with Crippen molar-refractivity contribution in [2.45, 2.75) is 28.7 Å². The average molecular weight is 464 g/mol. The number of rotatable bonds is 21. The predicted octanol–water partition coefficient (Wildman–Crippen LogP) is 2.06. The Labute approximate surface area is 157 Å². The molecular formula is C17H36O6Te. The molecule has 0 unspecified atom stereocenters. The third-order valence-electron chi connectivity index (χ3n) is 2.93. The zero-order valence-corrected chi connectivity index (χ0v) is 17.8. The first-order valence-electron chi connectivity index (χ1n) is 8.87. The molecular weight excluding hydrogens is 428 g/mol. The van der Waals surface area contributed by atoms with E-state index in [9.17, 15) is 0 Å². The van der Waals surface area contributed by atoms with Gasteiger partial charge in [-0.2, -0.15) is 0 Å². The van der Waals surface area contributed by atoms with Gasteiger partial charge in [0.05, 0.1) is 26.4 Å². The summed E-state index contributed by atoms with van der Waals surface area (Å²) < 4.78 is 34.7. The van der Waals surface area contributed by atoms with Gasteiger partial charge in [0.15, 0.2) is 0 Å². The molecule has 7 heteroatoms. The Bertz CT molecular complexity index is 199. The van der Waals surface area contributed by atoms with Gasteiger partial charge >= 0.3 is 115 Å². The maximum atomic E-state index is 5.55. The molecule has 6 nitrogen and oxygen atoms in total. The molecule has 0 bridgehead atoms. The van der Waals surface area contributed by atoms with E-state index in [0.717, 1.165) is 6.61 Å². The van der Waals surface area contributed by atoms with Gasteiger partial charge in [-0.15, -0.1) is 0 Å². The molecule has 0 rings (SSSR count). The summed E-state index contributed by atoms with van der Waals surface area (Å²) in [6.45, 7) is 9.25. The number of hydrogen-bond acceptors (Lipinski definition) is 6. The molecule has 0 N–H and O–H groups in total. The quantitative estimate of drug-likeness (QED) is 0.192. The van der Waals surface area contributed by atoms with Gasteiger partial charge in [-0.25, -0.2) is 0 Å². The monoisotopic (exact) mass is 466 g/mol. The van der Waals surface area contributed by atoms with Gasteiger partial charge in [0.2, 0.25) is 0 Å². The molecule has 0 atom stereocenters. The summed E-state index contributed by atoms with van der Waals surface area (Å²) in [6.07, 6.45) is 2.70. The summed E-state index contributed by atoms with van der Waals surface area (Å²) in [6, 6.07) is 0. The Balaban J connectivity index is 2.93. The topological polar surface area (TPSA) is 55.4 Å². The smallest absolute Gasteiger partial charge is 0.382 e. The molecule has 0 aromatic heterocycles. The van der Waals surface area contributed by atoms with Crippen LogP contribution in [0.1, 0.15) is 19.8 Å². The van der Waals surface area contributed by atoms with Crippen LogP contribution < -0.4 is 0 Å². The van der Waals surface area contributed by atoms with E-state index >= 15 is 0 Å². The number of hydrogen-bond donors (Lipinski definition) is 0. The normalized spacial score (nSPS) is 11.2. The molecule has 0 aromatic rings. The van der Waals surface area contributed by atoms with Crippen molar-refractivity contribution < 1.29 is 28.4 Å². The van der Waals surface area contributed by atoms with E-state index in [-0.39, 0.29) is 20.9 Å². The molecule has 0 aliphatic heterocycles. The van der Waals surface area contributed by atoms with Crippen LogP contribution in [0, 0.1) is 0 Å². The third-order valence-corrected chi connectivity index (χ3v) is 5.88. The second-order valence-electron chi connectivity index (χ2n) is 5.02. The molecule has 24 heavy (non-hydrogen) atoms. The summed E-state index contributed by atoms with van der Waals surface area (Å²) in [7, 11) is 1.66. The number of unbranched alkanes of at least 4 members (excludes halogenated alkanes) is 1. The van der Waals surface area contributed by atoms with E-state index in [0.29, 0.717) is 66.1 Å². The summed E-state index contributed by atoms with van der Waals surface area (Å²) in [4.78, 5) is 0. The summed E-state index contributed by atoms with van der Waals surface area (Å²) in [5.41, 5.74) is 0. The van der Waals surface area contributed by atoms with E-state index in [2.05, 4.69) is 6.92 Å². The van der Waals surface area contributed by atoms with Crippen LogP contribution >= 0.6 is 0 Å². The SMILES string of the molecule is CCCC[Te]CCOCCOCCOCCOCCOCCOC. The van der Waals surface area contributed by atoms with Crippen molar-refractivity contribution in [2.75, 3.05) is 79.8 Å². The second kappa shape index (κ2) is 23.5. The van der Waals surface area contributed by atoms with Gasteiger partial charge in [-0.05, 0) is 0 Å². The van der Waals surface area contributed by atoms with Gasteiger partial charge in [0.1, 0.15) is 0 Å². The van der Waals surface area contributed by atoms with Crippen LogP contribution in [-0.4, -0.2) is 101 Å². The van der Waals surface area contributed by atoms with Gasteiger partial charge in [0.25, 0.3) is 0 Å². The molecule has 0 aliphatic carbocycles.